The largest absolute Gasteiger partial charge is 0.303 e. The van der Waals surface area contributed by atoms with Crippen LogP contribution in [0.1, 0.15) is 33.6 Å². The molecule has 2 rings (SSSR count). The van der Waals surface area contributed by atoms with Crippen molar-refractivity contribution in [2.45, 2.75) is 33.6 Å². The first-order valence-corrected chi connectivity index (χ1v) is 8.86. The van der Waals surface area contributed by atoms with Crippen molar-refractivity contribution >= 4 is 10.0 Å². The smallest absolute Gasteiger partial charge is 0.235 e. The molecule has 0 amide bonds. The van der Waals surface area contributed by atoms with Gasteiger partial charge in [-0.3, -0.25) is 0 Å². The Balaban J connectivity index is 0.000000861. The van der Waals surface area contributed by atoms with E-state index in [-0.39, 0.29) is 0 Å². The van der Waals surface area contributed by atoms with Gasteiger partial charge in [0.1, 0.15) is 0 Å². The van der Waals surface area contributed by atoms with Gasteiger partial charge in [-0.25, -0.2) is 8.42 Å². The molecule has 0 unspecified atom stereocenters. The van der Waals surface area contributed by atoms with Crippen molar-refractivity contribution in [2.75, 3.05) is 32.7 Å². The molecule has 0 bridgehead atoms. The van der Waals surface area contributed by atoms with E-state index in [4.69, 9.17) is 0 Å². The van der Waals surface area contributed by atoms with E-state index >= 15 is 0 Å². The van der Waals surface area contributed by atoms with Gasteiger partial charge >= 0.3 is 0 Å². The zero-order valence-electron chi connectivity index (χ0n) is 12.5. The minimum atomic E-state index is -3.17. The molecule has 5 heteroatoms. The molecule has 2 aliphatic heterocycles. The molecular formula is C14H28N2O2S. The Kier molecular flexibility index (Phi) is 6.50. The predicted octanol–water partition coefficient (Wildman–Crippen LogP) is 2.15. The maximum absolute atomic E-state index is 11.5. The van der Waals surface area contributed by atoms with Crippen LogP contribution in [0.25, 0.3) is 0 Å². The first-order valence-electron chi connectivity index (χ1n) is 7.36. The molecule has 2 heterocycles. The normalized spacial score (nSPS) is 23.3. The number of hydrogen-bond acceptors (Lipinski definition) is 3. The van der Waals surface area contributed by atoms with E-state index in [0.717, 1.165) is 17.9 Å². The molecule has 0 aromatic heterocycles. The lowest BCUT2D eigenvalue weighted by atomic mass is 9.96. The van der Waals surface area contributed by atoms with Crippen LogP contribution in [0.15, 0.2) is 12.0 Å². The Morgan fingerprint density at radius 1 is 1.21 bits per heavy atom. The van der Waals surface area contributed by atoms with Crippen LogP contribution in [0.2, 0.25) is 0 Å². The molecule has 19 heavy (non-hydrogen) atoms. The SMILES string of the molecule is C=CS(=O)(=O)N1CC(CN2CCC(C)CC2)C1.CC. The summed E-state index contributed by atoms with van der Waals surface area (Å²) in [5, 5.41) is 1.05. The maximum atomic E-state index is 11.5. The third-order valence-electron chi connectivity index (χ3n) is 3.89. The quantitative estimate of drug-likeness (QED) is 0.796. The highest BCUT2D eigenvalue weighted by molar-refractivity contribution is 7.92. The van der Waals surface area contributed by atoms with E-state index in [2.05, 4.69) is 18.4 Å². The third kappa shape index (κ3) is 4.58. The van der Waals surface area contributed by atoms with Crippen molar-refractivity contribution in [1.82, 2.24) is 9.21 Å². The van der Waals surface area contributed by atoms with Gasteiger partial charge < -0.3 is 4.90 Å². The van der Waals surface area contributed by atoms with Crippen molar-refractivity contribution in [1.29, 1.82) is 0 Å². The fourth-order valence-corrected chi connectivity index (χ4v) is 3.61. The third-order valence-corrected chi connectivity index (χ3v) is 5.33. The Labute approximate surface area is 118 Å². The summed E-state index contributed by atoms with van der Waals surface area (Å²) in [5.74, 6) is 1.36. The molecular weight excluding hydrogens is 260 g/mol. The minimum Gasteiger partial charge on any atom is -0.303 e. The van der Waals surface area contributed by atoms with Gasteiger partial charge in [-0.05, 0) is 37.8 Å². The maximum Gasteiger partial charge on any atom is 0.235 e. The molecule has 0 saturated carbocycles. The summed E-state index contributed by atoms with van der Waals surface area (Å²) in [7, 11) is -3.17. The molecule has 0 aliphatic carbocycles. The number of hydrogen-bond donors (Lipinski definition) is 0. The highest BCUT2D eigenvalue weighted by Gasteiger charge is 2.35. The fraction of sp³-hybridized carbons (Fsp3) is 0.857. The van der Waals surface area contributed by atoms with Crippen LogP contribution in [0.4, 0.5) is 0 Å². The molecule has 0 aromatic carbocycles. The molecule has 0 atom stereocenters. The van der Waals surface area contributed by atoms with Gasteiger partial charge in [0.05, 0.1) is 0 Å². The molecule has 2 aliphatic rings. The lowest BCUT2D eigenvalue weighted by molar-refractivity contribution is 0.109. The van der Waals surface area contributed by atoms with Crippen molar-refractivity contribution in [3.63, 3.8) is 0 Å². The van der Waals surface area contributed by atoms with Crippen LogP contribution in [0.5, 0.6) is 0 Å². The van der Waals surface area contributed by atoms with E-state index in [1.165, 1.54) is 30.2 Å². The van der Waals surface area contributed by atoms with Crippen LogP contribution in [0.3, 0.4) is 0 Å². The van der Waals surface area contributed by atoms with Crippen LogP contribution in [0, 0.1) is 11.8 Å². The number of sulfonamides is 1. The van der Waals surface area contributed by atoms with Crippen molar-refractivity contribution in [2.24, 2.45) is 11.8 Å². The molecule has 0 spiro atoms. The summed E-state index contributed by atoms with van der Waals surface area (Å²) in [6.45, 7) is 14.4. The second-order valence-corrected chi connectivity index (χ2v) is 7.26. The Morgan fingerprint density at radius 2 is 1.74 bits per heavy atom. The van der Waals surface area contributed by atoms with Gasteiger partial charge in [-0.1, -0.05) is 27.4 Å². The first-order chi connectivity index (χ1) is 9.01. The number of piperidine rings is 1. The van der Waals surface area contributed by atoms with Crippen molar-refractivity contribution < 1.29 is 8.42 Å². The lowest BCUT2D eigenvalue weighted by Gasteiger charge is -2.41. The minimum absolute atomic E-state index is 0.512. The number of nitrogens with zero attached hydrogens (tertiary/aromatic N) is 2. The van der Waals surface area contributed by atoms with E-state index in [0.29, 0.717) is 19.0 Å². The summed E-state index contributed by atoms with van der Waals surface area (Å²) in [6.07, 6.45) is 2.56. The predicted molar refractivity (Wildman–Crippen MR) is 80.4 cm³/mol. The van der Waals surface area contributed by atoms with Gasteiger partial charge in [-0.2, -0.15) is 4.31 Å². The molecule has 112 valence electrons. The lowest BCUT2D eigenvalue weighted by Crippen LogP contribution is -2.53. The van der Waals surface area contributed by atoms with Crippen LogP contribution in [-0.2, 0) is 10.0 Å². The molecule has 0 aromatic rings. The zero-order chi connectivity index (χ0) is 14.5. The topological polar surface area (TPSA) is 40.6 Å². The Hall–Kier alpha value is -0.390. The van der Waals surface area contributed by atoms with Crippen LogP contribution >= 0.6 is 0 Å². The highest BCUT2D eigenvalue weighted by atomic mass is 32.2. The highest BCUT2D eigenvalue weighted by Crippen LogP contribution is 2.23. The summed E-state index contributed by atoms with van der Waals surface area (Å²) >= 11 is 0. The molecule has 0 N–H and O–H groups in total. The van der Waals surface area contributed by atoms with Crippen molar-refractivity contribution in [3.05, 3.63) is 12.0 Å². The van der Waals surface area contributed by atoms with Crippen molar-refractivity contribution in [3.8, 4) is 0 Å². The van der Waals surface area contributed by atoms with Gasteiger partial charge in [-0.15, -0.1) is 0 Å². The molecule has 2 fully saturated rings. The standard InChI is InChI=1S/C12H22N2O2S.C2H6/c1-3-17(15,16)14-9-12(10-14)8-13-6-4-11(2)5-7-13;1-2/h3,11-12H,1,4-10H2,2H3;1-2H3. The van der Waals surface area contributed by atoms with Gasteiger partial charge in [0.15, 0.2) is 0 Å². The summed E-state index contributed by atoms with van der Waals surface area (Å²) in [4.78, 5) is 2.47. The van der Waals surface area contributed by atoms with Gasteiger partial charge in [0, 0.05) is 25.0 Å². The van der Waals surface area contributed by atoms with E-state index < -0.39 is 10.0 Å². The number of likely N-dealkylation sites (tertiary alicyclic amines) is 1. The Morgan fingerprint density at radius 3 is 2.21 bits per heavy atom. The summed E-state index contributed by atoms with van der Waals surface area (Å²) in [6, 6.07) is 0. The average molecular weight is 288 g/mol. The summed E-state index contributed by atoms with van der Waals surface area (Å²) < 4.78 is 24.4. The molecule has 4 nitrogen and oxygen atoms in total. The average Bonchev–Trinajstić information content (AvgIpc) is 2.37. The second kappa shape index (κ2) is 7.41. The van der Waals surface area contributed by atoms with Crippen LogP contribution < -0.4 is 0 Å². The van der Waals surface area contributed by atoms with E-state index in [1.807, 2.05) is 13.8 Å². The first kappa shape index (κ1) is 16.7. The zero-order valence-corrected chi connectivity index (χ0v) is 13.3. The second-order valence-electron chi connectivity index (χ2n) is 5.38. The number of rotatable bonds is 4. The summed E-state index contributed by atoms with van der Waals surface area (Å²) in [5.41, 5.74) is 0. The van der Waals surface area contributed by atoms with Gasteiger partial charge in [0.2, 0.25) is 10.0 Å². The van der Waals surface area contributed by atoms with Gasteiger partial charge in [0.25, 0.3) is 0 Å². The monoisotopic (exact) mass is 288 g/mol. The fourth-order valence-electron chi connectivity index (χ4n) is 2.56. The van der Waals surface area contributed by atoms with E-state index in [1.54, 1.807) is 0 Å². The van der Waals surface area contributed by atoms with E-state index in [9.17, 15) is 8.42 Å². The molecule has 0 radical (unpaired) electrons. The molecule has 2 saturated heterocycles. The Bertz CT molecular complexity index is 367. The van der Waals surface area contributed by atoms with Crippen LogP contribution in [-0.4, -0.2) is 50.3 Å².